The Balaban J connectivity index is 0. The molecule has 0 aromatic heterocycles. The van der Waals surface area contributed by atoms with Crippen LogP contribution >= 0.6 is 0 Å². The molecule has 0 aromatic carbocycles. The number of nitrogens with one attached hydrogen (secondary N) is 2. The summed E-state index contributed by atoms with van der Waals surface area (Å²) in [7, 11) is 0. The SMILES string of the molecule is C[C@H](N)CCCCNC(=O)NC(CO)(CO)COCC(CO)CO.NC=O. The zero-order chi connectivity index (χ0) is 21.1. The lowest BCUT2D eigenvalue weighted by Crippen LogP contribution is -2.60. The van der Waals surface area contributed by atoms with Gasteiger partial charge in [-0.25, -0.2) is 4.79 Å². The van der Waals surface area contributed by atoms with Crippen molar-refractivity contribution in [1.82, 2.24) is 10.6 Å². The Morgan fingerprint density at radius 3 is 2.19 bits per heavy atom. The molecule has 0 aliphatic carbocycles. The number of primary amides is 1. The number of hydrogen-bond acceptors (Lipinski definition) is 8. The Morgan fingerprint density at radius 2 is 1.74 bits per heavy atom. The van der Waals surface area contributed by atoms with Crippen molar-refractivity contribution >= 4 is 12.4 Å². The van der Waals surface area contributed by atoms with Gasteiger partial charge in [-0.15, -0.1) is 0 Å². The third-order valence-electron chi connectivity index (χ3n) is 3.60. The number of nitrogens with two attached hydrogens (primary N) is 2. The van der Waals surface area contributed by atoms with E-state index in [4.69, 9.17) is 25.5 Å². The van der Waals surface area contributed by atoms with E-state index in [2.05, 4.69) is 16.4 Å². The van der Waals surface area contributed by atoms with E-state index < -0.39 is 30.7 Å². The molecule has 0 aliphatic heterocycles. The van der Waals surface area contributed by atoms with E-state index in [1.807, 2.05) is 6.92 Å². The quantitative estimate of drug-likeness (QED) is 0.114. The monoisotopic (exact) mass is 396 g/mol. The number of ether oxygens (including phenoxy) is 1. The van der Waals surface area contributed by atoms with Crippen LogP contribution in [0.5, 0.6) is 0 Å². The van der Waals surface area contributed by atoms with Crippen molar-refractivity contribution < 1.29 is 34.8 Å². The summed E-state index contributed by atoms with van der Waals surface area (Å²) >= 11 is 0. The van der Waals surface area contributed by atoms with E-state index in [0.717, 1.165) is 19.3 Å². The molecule has 0 spiro atoms. The molecule has 0 radical (unpaired) electrons. The second-order valence-corrected chi connectivity index (χ2v) is 6.33. The lowest BCUT2D eigenvalue weighted by molar-refractivity contribution is -0.106. The number of carbonyl (C=O) groups is 2. The minimum Gasteiger partial charge on any atom is -0.396 e. The van der Waals surface area contributed by atoms with Gasteiger partial charge < -0.3 is 47.3 Å². The van der Waals surface area contributed by atoms with Crippen LogP contribution < -0.4 is 22.1 Å². The van der Waals surface area contributed by atoms with E-state index in [9.17, 15) is 15.0 Å². The number of urea groups is 1. The fourth-order valence-electron chi connectivity index (χ4n) is 1.92. The molecule has 11 heteroatoms. The van der Waals surface area contributed by atoms with Gasteiger partial charge in [0, 0.05) is 18.5 Å². The molecule has 0 rings (SSSR count). The van der Waals surface area contributed by atoms with Gasteiger partial charge in [-0.2, -0.15) is 0 Å². The first kappa shape index (κ1) is 27.7. The van der Waals surface area contributed by atoms with Crippen molar-refractivity contribution in [1.29, 1.82) is 0 Å². The normalized spacial score (nSPS) is 12.1. The average molecular weight is 396 g/mol. The Morgan fingerprint density at radius 1 is 1.19 bits per heavy atom. The number of aliphatic hydroxyl groups is 4. The van der Waals surface area contributed by atoms with E-state index in [1.54, 1.807) is 0 Å². The van der Waals surface area contributed by atoms with E-state index in [1.165, 1.54) is 0 Å². The summed E-state index contributed by atoms with van der Waals surface area (Å²) < 4.78 is 5.30. The smallest absolute Gasteiger partial charge is 0.315 e. The van der Waals surface area contributed by atoms with Crippen LogP contribution in [0.15, 0.2) is 0 Å². The number of hydrogen-bond donors (Lipinski definition) is 8. The first-order valence-electron chi connectivity index (χ1n) is 8.82. The average Bonchev–Trinajstić information content (AvgIpc) is 2.64. The van der Waals surface area contributed by atoms with E-state index in [-0.39, 0.29) is 38.9 Å². The maximum absolute atomic E-state index is 11.9. The summed E-state index contributed by atoms with van der Waals surface area (Å²) in [5.41, 5.74) is 8.48. The molecule has 0 heterocycles. The molecular formula is C16H36N4O7. The molecule has 0 unspecified atom stereocenters. The van der Waals surface area contributed by atoms with Crippen LogP contribution in [-0.2, 0) is 9.53 Å². The fraction of sp³-hybridized carbons (Fsp3) is 0.875. The summed E-state index contributed by atoms with van der Waals surface area (Å²) in [5.74, 6) is -0.446. The molecule has 0 saturated carbocycles. The summed E-state index contributed by atoms with van der Waals surface area (Å²) in [4.78, 5) is 20.5. The second kappa shape index (κ2) is 17.9. The molecule has 0 aliphatic rings. The Hall–Kier alpha value is -1.50. The molecule has 0 aromatic rings. The van der Waals surface area contributed by atoms with Crippen molar-refractivity contribution in [3.63, 3.8) is 0 Å². The number of carbonyl (C=O) groups excluding carboxylic acids is 2. The molecule has 0 saturated heterocycles. The minimum absolute atomic E-state index is 0.0509. The van der Waals surface area contributed by atoms with Crippen LogP contribution in [0, 0.1) is 5.92 Å². The molecule has 0 fully saturated rings. The van der Waals surface area contributed by atoms with Gasteiger partial charge in [-0.3, -0.25) is 4.79 Å². The number of unbranched alkanes of at least 4 members (excludes halogenated alkanes) is 1. The Labute approximate surface area is 160 Å². The Bertz CT molecular complexity index is 365. The van der Waals surface area contributed by atoms with Gasteiger partial charge in [-0.1, -0.05) is 6.42 Å². The van der Waals surface area contributed by atoms with Gasteiger partial charge in [0.05, 0.1) is 39.6 Å². The molecule has 3 amide bonds. The van der Waals surface area contributed by atoms with Crippen LogP contribution in [-0.4, -0.2) is 90.6 Å². The van der Waals surface area contributed by atoms with Crippen LogP contribution in [0.3, 0.4) is 0 Å². The Kier molecular flexibility index (Phi) is 18.4. The zero-order valence-corrected chi connectivity index (χ0v) is 16.0. The minimum atomic E-state index is -1.33. The molecule has 0 bridgehead atoms. The van der Waals surface area contributed by atoms with E-state index >= 15 is 0 Å². The summed E-state index contributed by atoms with van der Waals surface area (Å²) in [5, 5.41) is 42.1. The van der Waals surface area contributed by atoms with Gasteiger partial charge in [0.25, 0.3) is 0 Å². The number of rotatable bonds is 14. The number of aliphatic hydroxyl groups excluding tert-OH is 4. The van der Waals surface area contributed by atoms with Crippen LogP contribution in [0.25, 0.3) is 0 Å². The first-order valence-corrected chi connectivity index (χ1v) is 8.82. The highest BCUT2D eigenvalue weighted by atomic mass is 16.5. The largest absolute Gasteiger partial charge is 0.396 e. The van der Waals surface area contributed by atoms with Crippen molar-refractivity contribution in [2.45, 2.75) is 37.8 Å². The van der Waals surface area contributed by atoms with Crippen LogP contribution in [0.2, 0.25) is 0 Å². The zero-order valence-electron chi connectivity index (χ0n) is 16.0. The molecule has 27 heavy (non-hydrogen) atoms. The maximum Gasteiger partial charge on any atom is 0.315 e. The first-order chi connectivity index (χ1) is 12.8. The molecule has 11 nitrogen and oxygen atoms in total. The lowest BCUT2D eigenvalue weighted by atomic mass is 10.0. The van der Waals surface area contributed by atoms with Crippen molar-refractivity contribution in [2.24, 2.45) is 17.4 Å². The van der Waals surface area contributed by atoms with Gasteiger partial charge in [0.2, 0.25) is 6.41 Å². The highest BCUT2D eigenvalue weighted by molar-refractivity contribution is 5.74. The molecule has 10 N–H and O–H groups in total. The second-order valence-electron chi connectivity index (χ2n) is 6.33. The van der Waals surface area contributed by atoms with E-state index in [0.29, 0.717) is 6.54 Å². The van der Waals surface area contributed by atoms with Gasteiger partial charge >= 0.3 is 6.03 Å². The standard InChI is InChI=1S/C15H33N3O6.CH3NO/c1-12(16)4-2-3-5-17-14(23)18-15(9-21,10-22)11-24-8-13(6-19)7-20;2-1-3/h12-13,19-22H,2-11,16H2,1H3,(H2,17,18,23);1H,(H2,2,3)/t12-;/m0./s1. The van der Waals surface area contributed by atoms with Crippen molar-refractivity contribution in [3.05, 3.63) is 0 Å². The maximum atomic E-state index is 11.9. The lowest BCUT2D eigenvalue weighted by Gasteiger charge is -2.31. The highest BCUT2D eigenvalue weighted by Crippen LogP contribution is 2.06. The highest BCUT2D eigenvalue weighted by Gasteiger charge is 2.31. The predicted octanol–water partition coefficient (Wildman–Crippen LogP) is -2.75. The predicted molar refractivity (Wildman–Crippen MR) is 99.7 cm³/mol. The van der Waals surface area contributed by atoms with Crippen LogP contribution in [0.1, 0.15) is 26.2 Å². The fourth-order valence-corrected chi connectivity index (χ4v) is 1.92. The van der Waals surface area contributed by atoms with Gasteiger partial charge in [0.15, 0.2) is 0 Å². The summed E-state index contributed by atoms with van der Waals surface area (Å²) in [6.07, 6.45) is 2.81. The number of amides is 3. The summed E-state index contributed by atoms with van der Waals surface area (Å²) in [6.45, 7) is 0.797. The van der Waals surface area contributed by atoms with Crippen LogP contribution in [0.4, 0.5) is 4.79 Å². The summed E-state index contributed by atoms with van der Waals surface area (Å²) in [6, 6.07) is -0.377. The van der Waals surface area contributed by atoms with Gasteiger partial charge in [-0.05, 0) is 19.8 Å². The van der Waals surface area contributed by atoms with Crippen molar-refractivity contribution in [3.8, 4) is 0 Å². The molecule has 162 valence electrons. The molecule has 1 atom stereocenters. The van der Waals surface area contributed by atoms with Crippen molar-refractivity contribution in [2.75, 3.05) is 46.2 Å². The molecular weight excluding hydrogens is 360 g/mol. The third-order valence-corrected chi connectivity index (χ3v) is 3.60. The van der Waals surface area contributed by atoms with Gasteiger partial charge in [0.1, 0.15) is 5.54 Å². The topological polar surface area (TPSA) is 200 Å². The third kappa shape index (κ3) is 15.3.